The van der Waals surface area contributed by atoms with Gasteiger partial charge in [0.05, 0.1) is 7.11 Å². The molecule has 0 saturated carbocycles. The number of nitrogens with zero attached hydrogens (tertiary/aromatic N) is 2. The fourth-order valence-corrected chi connectivity index (χ4v) is 3.06. The molecule has 2 heterocycles. The zero-order chi connectivity index (χ0) is 19.2. The maximum Gasteiger partial charge on any atom is 0.273 e. The molecule has 1 aliphatic heterocycles. The van der Waals surface area contributed by atoms with E-state index >= 15 is 0 Å². The second kappa shape index (κ2) is 8.70. The summed E-state index contributed by atoms with van der Waals surface area (Å²) >= 11 is 0. The van der Waals surface area contributed by atoms with Crippen molar-refractivity contribution in [2.24, 2.45) is 5.92 Å². The largest absolute Gasteiger partial charge is 0.497 e. The van der Waals surface area contributed by atoms with E-state index in [1.807, 2.05) is 29.2 Å². The number of ether oxygens (including phenoxy) is 1. The Morgan fingerprint density at radius 3 is 2.63 bits per heavy atom. The Balaban J connectivity index is 1.48. The average Bonchev–Trinajstić information content (AvgIpc) is 3.19. The van der Waals surface area contributed by atoms with E-state index in [1.54, 1.807) is 13.2 Å². The summed E-state index contributed by atoms with van der Waals surface area (Å²) < 4.78 is 10.4. The Kier molecular flexibility index (Phi) is 6.11. The third kappa shape index (κ3) is 4.87. The van der Waals surface area contributed by atoms with Crippen molar-refractivity contribution >= 4 is 11.8 Å². The molecule has 27 heavy (non-hydrogen) atoms. The molecule has 1 N–H and O–H groups in total. The van der Waals surface area contributed by atoms with Crippen molar-refractivity contribution in [1.82, 2.24) is 15.4 Å². The predicted molar refractivity (Wildman–Crippen MR) is 100 cm³/mol. The number of benzene rings is 1. The first-order valence-corrected chi connectivity index (χ1v) is 9.24. The topological polar surface area (TPSA) is 84.7 Å². The number of likely N-dealkylation sites (tertiary alicyclic amines) is 1. The van der Waals surface area contributed by atoms with Crippen LogP contribution in [0.2, 0.25) is 0 Å². The normalized spacial score (nSPS) is 14.8. The van der Waals surface area contributed by atoms with Gasteiger partial charge < -0.3 is 19.5 Å². The molecule has 1 fully saturated rings. The second-order valence-corrected chi connectivity index (χ2v) is 6.87. The number of aromatic nitrogens is 1. The zero-order valence-corrected chi connectivity index (χ0v) is 15.7. The lowest BCUT2D eigenvalue weighted by Crippen LogP contribution is -2.39. The molecular weight excluding hydrogens is 346 g/mol. The maximum absolute atomic E-state index is 12.2. The number of carbonyl (C=O) groups excluding carboxylic acids is 2. The van der Waals surface area contributed by atoms with E-state index in [0.29, 0.717) is 18.1 Å². The summed E-state index contributed by atoms with van der Waals surface area (Å²) in [6, 6.07) is 8.87. The number of hydrogen-bond acceptors (Lipinski definition) is 5. The second-order valence-electron chi connectivity index (χ2n) is 6.87. The lowest BCUT2D eigenvalue weighted by molar-refractivity contribution is -0.132. The van der Waals surface area contributed by atoms with Gasteiger partial charge in [-0.15, -0.1) is 0 Å². The minimum atomic E-state index is -0.349. The van der Waals surface area contributed by atoms with Crippen LogP contribution in [0.3, 0.4) is 0 Å². The molecule has 0 radical (unpaired) electrons. The minimum Gasteiger partial charge on any atom is -0.497 e. The lowest BCUT2D eigenvalue weighted by atomic mass is 9.99. The lowest BCUT2D eigenvalue weighted by Gasteiger charge is -2.30. The average molecular weight is 371 g/mol. The molecule has 7 heteroatoms. The molecular formula is C20H25N3O4. The van der Waals surface area contributed by atoms with Crippen LogP contribution in [0.4, 0.5) is 0 Å². The predicted octanol–water partition coefficient (Wildman–Crippen LogP) is 2.73. The number of hydrogen-bond donors (Lipinski definition) is 1. The van der Waals surface area contributed by atoms with Gasteiger partial charge in [-0.05, 0) is 43.0 Å². The Morgan fingerprint density at radius 2 is 1.96 bits per heavy atom. The number of piperidine rings is 1. The maximum atomic E-state index is 12.2. The van der Waals surface area contributed by atoms with Crippen molar-refractivity contribution < 1.29 is 18.8 Å². The summed E-state index contributed by atoms with van der Waals surface area (Å²) in [4.78, 5) is 26.3. The molecule has 0 aliphatic carbocycles. The standard InChI is InChI=1S/C20H25N3O4/c1-14-8-11-23(12-9-14)19(24)7-10-21-20(25)17-13-18(27-22-17)15-3-5-16(26-2)6-4-15/h3-6,13-14H,7-12H2,1-2H3,(H,21,25). The number of rotatable bonds is 6. The first-order valence-electron chi connectivity index (χ1n) is 9.24. The van der Waals surface area contributed by atoms with Gasteiger partial charge >= 0.3 is 0 Å². The van der Waals surface area contributed by atoms with Crippen LogP contribution in [-0.4, -0.2) is 48.6 Å². The SMILES string of the molecule is COc1ccc(-c2cc(C(=O)NCCC(=O)N3CCC(C)CC3)no2)cc1. The summed E-state index contributed by atoms with van der Waals surface area (Å²) in [7, 11) is 1.60. The van der Waals surface area contributed by atoms with Crippen molar-refractivity contribution in [3.05, 3.63) is 36.0 Å². The van der Waals surface area contributed by atoms with Crippen molar-refractivity contribution in [2.45, 2.75) is 26.2 Å². The van der Waals surface area contributed by atoms with Crippen LogP contribution in [0.25, 0.3) is 11.3 Å². The molecule has 0 spiro atoms. The van der Waals surface area contributed by atoms with Crippen LogP contribution >= 0.6 is 0 Å². The first-order chi connectivity index (χ1) is 13.1. The van der Waals surface area contributed by atoms with Gasteiger partial charge in [0, 0.05) is 37.7 Å². The van der Waals surface area contributed by atoms with Gasteiger partial charge in [-0.1, -0.05) is 12.1 Å². The third-order valence-electron chi connectivity index (χ3n) is 4.88. The van der Waals surface area contributed by atoms with Crippen LogP contribution in [0.1, 0.15) is 36.7 Å². The van der Waals surface area contributed by atoms with Crippen LogP contribution in [0.5, 0.6) is 5.75 Å². The molecule has 0 unspecified atom stereocenters. The van der Waals surface area contributed by atoms with E-state index in [-0.39, 0.29) is 24.1 Å². The molecule has 1 saturated heterocycles. The van der Waals surface area contributed by atoms with Crippen molar-refractivity contribution in [3.63, 3.8) is 0 Å². The summed E-state index contributed by atoms with van der Waals surface area (Å²) in [6.45, 7) is 4.11. The molecule has 0 atom stereocenters. The van der Waals surface area contributed by atoms with Crippen molar-refractivity contribution in [3.8, 4) is 17.1 Å². The van der Waals surface area contributed by atoms with Crippen LogP contribution in [-0.2, 0) is 4.79 Å². The first kappa shape index (κ1) is 18.9. The Bertz CT molecular complexity index is 777. The zero-order valence-electron chi connectivity index (χ0n) is 15.7. The number of methoxy groups -OCH3 is 1. The van der Waals surface area contributed by atoms with Gasteiger partial charge in [-0.2, -0.15) is 0 Å². The van der Waals surface area contributed by atoms with Gasteiger partial charge in [-0.25, -0.2) is 0 Å². The molecule has 144 valence electrons. The molecule has 3 rings (SSSR count). The molecule has 7 nitrogen and oxygen atoms in total. The van der Waals surface area contributed by atoms with Gasteiger partial charge in [0.1, 0.15) is 5.75 Å². The minimum absolute atomic E-state index is 0.0845. The smallest absolute Gasteiger partial charge is 0.273 e. The summed E-state index contributed by atoms with van der Waals surface area (Å²) in [6.07, 6.45) is 2.39. The fourth-order valence-electron chi connectivity index (χ4n) is 3.06. The highest BCUT2D eigenvalue weighted by atomic mass is 16.5. The number of nitrogens with one attached hydrogen (secondary N) is 1. The highest BCUT2D eigenvalue weighted by molar-refractivity contribution is 5.93. The Morgan fingerprint density at radius 1 is 1.26 bits per heavy atom. The van der Waals surface area contributed by atoms with Gasteiger partial charge in [0.15, 0.2) is 11.5 Å². The van der Waals surface area contributed by atoms with E-state index in [0.717, 1.165) is 37.2 Å². The summed E-state index contributed by atoms with van der Waals surface area (Å²) in [5.41, 5.74) is 0.997. The summed E-state index contributed by atoms with van der Waals surface area (Å²) in [5.74, 6) is 1.66. The molecule has 1 aromatic carbocycles. The van der Waals surface area contributed by atoms with Crippen LogP contribution in [0.15, 0.2) is 34.9 Å². The summed E-state index contributed by atoms with van der Waals surface area (Å²) in [5, 5.41) is 6.55. The van der Waals surface area contributed by atoms with E-state index in [9.17, 15) is 9.59 Å². The van der Waals surface area contributed by atoms with E-state index < -0.39 is 0 Å². The molecule has 1 aromatic heterocycles. The third-order valence-corrected chi connectivity index (χ3v) is 4.88. The monoisotopic (exact) mass is 371 g/mol. The van der Waals surface area contributed by atoms with Gasteiger partial charge in [0.25, 0.3) is 5.91 Å². The quantitative estimate of drug-likeness (QED) is 0.844. The van der Waals surface area contributed by atoms with Crippen LogP contribution < -0.4 is 10.1 Å². The van der Waals surface area contributed by atoms with Crippen molar-refractivity contribution in [2.75, 3.05) is 26.7 Å². The Hall–Kier alpha value is -2.83. The van der Waals surface area contributed by atoms with E-state index in [4.69, 9.17) is 9.26 Å². The van der Waals surface area contributed by atoms with E-state index in [2.05, 4.69) is 17.4 Å². The molecule has 1 aliphatic rings. The van der Waals surface area contributed by atoms with Gasteiger partial charge in [-0.3, -0.25) is 9.59 Å². The highest BCUT2D eigenvalue weighted by Crippen LogP contribution is 2.23. The Labute approximate surface area is 158 Å². The highest BCUT2D eigenvalue weighted by Gasteiger charge is 2.20. The molecule has 2 amide bonds. The van der Waals surface area contributed by atoms with Crippen LogP contribution in [0, 0.1) is 5.92 Å². The fraction of sp³-hybridized carbons (Fsp3) is 0.450. The van der Waals surface area contributed by atoms with E-state index in [1.165, 1.54) is 0 Å². The number of carbonyl (C=O) groups is 2. The number of amides is 2. The van der Waals surface area contributed by atoms with Crippen molar-refractivity contribution in [1.29, 1.82) is 0 Å². The van der Waals surface area contributed by atoms with Gasteiger partial charge in [0.2, 0.25) is 5.91 Å². The molecule has 0 bridgehead atoms. The molecule has 2 aromatic rings.